The van der Waals surface area contributed by atoms with Crippen LogP contribution < -0.4 is 16.6 Å². The molecule has 2 saturated carbocycles. The summed E-state index contributed by atoms with van der Waals surface area (Å²) in [5, 5.41) is 56.7. The Morgan fingerprint density at radius 2 is 1.64 bits per heavy atom. The fourth-order valence-electron chi connectivity index (χ4n) is 8.85. The molecule has 5 fully saturated rings. The van der Waals surface area contributed by atoms with Gasteiger partial charge < -0.3 is 59.7 Å². The van der Waals surface area contributed by atoms with Gasteiger partial charge in [-0.05, 0) is 38.5 Å². The van der Waals surface area contributed by atoms with E-state index in [4.69, 9.17) is 18.9 Å². The summed E-state index contributed by atoms with van der Waals surface area (Å²) in [5.41, 5.74) is -1.92. The molecule has 0 spiro atoms. The first-order valence-electron chi connectivity index (χ1n) is 19.2. The van der Waals surface area contributed by atoms with E-state index >= 15 is 0 Å². The second-order valence-corrected chi connectivity index (χ2v) is 15.6. The largest absolute Gasteiger partial charge is 0.394 e. The second-order valence-electron chi connectivity index (χ2n) is 15.6. The Bertz CT molecular complexity index is 1490. The summed E-state index contributed by atoms with van der Waals surface area (Å²) in [5.74, 6) is -1.72. The number of H-pyrrole nitrogens is 2. The van der Waals surface area contributed by atoms with Gasteiger partial charge in [0, 0.05) is 31.0 Å². The molecule has 14 atom stereocenters. The molecule has 4 heterocycles. The molecule has 5 aliphatic rings. The summed E-state index contributed by atoms with van der Waals surface area (Å²) in [6.45, 7) is 4.11. The number of aliphatic hydroxyl groups is 5. The van der Waals surface area contributed by atoms with Crippen LogP contribution in [0.3, 0.4) is 0 Å². The third-order valence-corrected chi connectivity index (χ3v) is 12.0. The summed E-state index contributed by atoms with van der Waals surface area (Å²) < 4.78 is 25.3. The van der Waals surface area contributed by atoms with E-state index in [1.54, 1.807) is 4.90 Å². The van der Waals surface area contributed by atoms with Crippen molar-refractivity contribution in [3.8, 4) is 0 Å². The number of ether oxygens (including phenoxy) is 4. The molecule has 1 aromatic rings. The second kappa shape index (κ2) is 17.4. The third-order valence-electron chi connectivity index (χ3n) is 12.0. The normalized spacial score (nSPS) is 38.8. The van der Waals surface area contributed by atoms with E-state index in [-0.39, 0.29) is 11.6 Å². The summed E-state index contributed by atoms with van der Waals surface area (Å²) in [4.78, 5) is 57.3. The molecule has 8 N–H and O–H groups in total. The van der Waals surface area contributed by atoms with E-state index in [1.165, 1.54) is 6.92 Å². The Kier molecular flexibility index (Phi) is 13.1. The van der Waals surface area contributed by atoms with Crippen molar-refractivity contribution in [3.05, 3.63) is 32.6 Å². The molecule has 2 amide bonds. The lowest BCUT2D eigenvalue weighted by molar-refractivity contribution is -0.319. The number of nitrogens with one attached hydrogen (secondary N) is 3. The smallest absolute Gasteiger partial charge is 0.326 e. The number of aromatic nitrogens is 2. The minimum absolute atomic E-state index is 0.109. The lowest BCUT2D eigenvalue weighted by Crippen LogP contribution is -2.64. The van der Waals surface area contributed by atoms with Gasteiger partial charge in [-0.1, -0.05) is 45.4 Å². The lowest BCUT2D eigenvalue weighted by Gasteiger charge is -2.51. The van der Waals surface area contributed by atoms with Crippen LogP contribution in [0.4, 0.5) is 0 Å². The van der Waals surface area contributed by atoms with Crippen molar-refractivity contribution < 1.29 is 54.1 Å². The van der Waals surface area contributed by atoms with Gasteiger partial charge in [-0.15, -0.1) is 0 Å². The average Bonchev–Trinajstić information content (AvgIpc) is 3.11. The maximum absolute atomic E-state index is 13.8. The number of aromatic amines is 2. The van der Waals surface area contributed by atoms with E-state index < -0.39 is 109 Å². The maximum Gasteiger partial charge on any atom is 0.326 e. The number of rotatable bonds is 11. The molecule has 3 saturated heterocycles. The summed E-state index contributed by atoms with van der Waals surface area (Å²) in [6.07, 6.45) is -4.66. The van der Waals surface area contributed by atoms with Gasteiger partial charge in [-0.25, -0.2) is 4.79 Å². The standard InChI is InChI=1S/C36H56N4O13/c1-17-30(52-24(16-41)27(44)31(17)51-23(34(48)40-12-7-13-40)14-19-8-4-3-5-9-19)20-10-6-11-21(37-33(47)22-15-25(42)39-36(49)38-22)32(20)53-35-29(46)28(45)26(43)18(2)50-35/h15,17-21,23-24,26-32,35,41,43-46H,3-14,16H2,1-2H3,(H,37,47)(H2,38,39,42,49)/t17-,18-,20?,21-,23-,24+,26+,27-,28+,29-,30+,31+,32-,35-/m0/s1. The fraction of sp³-hybridized carbons (Fsp3) is 0.833. The molecule has 1 aromatic heterocycles. The van der Waals surface area contributed by atoms with E-state index in [2.05, 4.69) is 10.3 Å². The monoisotopic (exact) mass is 752 g/mol. The Hall–Kier alpha value is -2.74. The molecule has 6 rings (SSSR count). The number of hydrogen-bond acceptors (Lipinski definition) is 13. The average molecular weight is 753 g/mol. The highest BCUT2D eigenvalue weighted by Crippen LogP contribution is 2.42. The Morgan fingerprint density at radius 1 is 0.906 bits per heavy atom. The highest BCUT2D eigenvalue weighted by Gasteiger charge is 2.53. The van der Waals surface area contributed by atoms with Gasteiger partial charge >= 0.3 is 5.69 Å². The van der Waals surface area contributed by atoms with Crippen molar-refractivity contribution in [2.45, 2.75) is 151 Å². The zero-order valence-corrected chi connectivity index (χ0v) is 30.4. The highest BCUT2D eigenvalue weighted by atomic mass is 16.7. The van der Waals surface area contributed by atoms with Crippen LogP contribution in [-0.4, -0.2) is 145 Å². The lowest BCUT2D eigenvalue weighted by atomic mass is 9.72. The number of carbonyl (C=O) groups is 2. The van der Waals surface area contributed by atoms with E-state index in [0.29, 0.717) is 44.7 Å². The predicted octanol–water partition coefficient (Wildman–Crippen LogP) is -1.11. The molecule has 0 radical (unpaired) electrons. The number of aliphatic hydroxyl groups excluding tert-OH is 5. The molecule has 17 nitrogen and oxygen atoms in total. The van der Waals surface area contributed by atoms with Crippen molar-refractivity contribution in [2.24, 2.45) is 17.8 Å². The minimum Gasteiger partial charge on any atom is -0.394 e. The zero-order chi connectivity index (χ0) is 38.0. The molecular formula is C36H56N4O13. The van der Waals surface area contributed by atoms with Crippen LogP contribution in [0, 0.1) is 17.8 Å². The fourth-order valence-corrected chi connectivity index (χ4v) is 8.85. The van der Waals surface area contributed by atoms with Crippen LogP contribution in [0.1, 0.15) is 88.5 Å². The van der Waals surface area contributed by atoms with Crippen molar-refractivity contribution >= 4 is 11.8 Å². The van der Waals surface area contributed by atoms with Gasteiger partial charge in [0.1, 0.15) is 42.3 Å². The Balaban J connectivity index is 1.29. The topological polar surface area (TPSA) is 253 Å². The molecule has 298 valence electrons. The Morgan fingerprint density at radius 3 is 2.30 bits per heavy atom. The first-order chi connectivity index (χ1) is 25.4. The molecular weight excluding hydrogens is 696 g/mol. The molecule has 2 aliphatic carbocycles. The van der Waals surface area contributed by atoms with Crippen molar-refractivity contribution in [2.75, 3.05) is 19.7 Å². The van der Waals surface area contributed by atoms with Crippen LogP contribution in [0.2, 0.25) is 0 Å². The summed E-state index contributed by atoms with van der Waals surface area (Å²) >= 11 is 0. The predicted molar refractivity (Wildman–Crippen MR) is 185 cm³/mol. The molecule has 0 aromatic carbocycles. The molecule has 53 heavy (non-hydrogen) atoms. The number of amides is 2. The van der Waals surface area contributed by atoms with Crippen molar-refractivity contribution in [1.29, 1.82) is 0 Å². The molecule has 1 unspecified atom stereocenters. The SMILES string of the molecule is C[C@@H]1[C@@H](O[C@@H](CC2CCCCC2)C(=O)N2CCC2)[C@@H](O)[C@@H](CO)O[C@H]1C1CCC[C@H](NC(=O)c2cc(=O)[nH]c(=O)[nH]2)[C@H]1O[C@@H]1O[C@@H](C)[C@@H](O)[C@@H](O)[C@@H]1O. The van der Waals surface area contributed by atoms with Gasteiger partial charge in [-0.2, -0.15) is 0 Å². The number of carbonyl (C=O) groups excluding carboxylic acids is 2. The van der Waals surface area contributed by atoms with Crippen LogP contribution in [0.15, 0.2) is 15.7 Å². The van der Waals surface area contributed by atoms with Crippen LogP contribution in [0.25, 0.3) is 0 Å². The van der Waals surface area contributed by atoms with Crippen molar-refractivity contribution in [1.82, 2.24) is 20.2 Å². The number of nitrogens with zero attached hydrogens (tertiary/aromatic N) is 1. The van der Waals surface area contributed by atoms with E-state index in [9.17, 15) is 44.7 Å². The molecule has 0 bridgehead atoms. The van der Waals surface area contributed by atoms with Crippen LogP contribution >= 0.6 is 0 Å². The minimum atomic E-state index is -1.66. The summed E-state index contributed by atoms with van der Waals surface area (Å²) in [6, 6.07) is 0.147. The van der Waals surface area contributed by atoms with E-state index in [0.717, 1.165) is 44.6 Å². The van der Waals surface area contributed by atoms with Gasteiger partial charge in [0.05, 0.1) is 37.1 Å². The Labute approximate surface area is 307 Å². The van der Waals surface area contributed by atoms with Gasteiger partial charge in [0.2, 0.25) is 0 Å². The third kappa shape index (κ3) is 8.89. The summed E-state index contributed by atoms with van der Waals surface area (Å²) in [7, 11) is 0. The van der Waals surface area contributed by atoms with E-state index in [1.807, 2.05) is 11.9 Å². The molecule has 17 heteroatoms. The highest BCUT2D eigenvalue weighted by molar-refractivity contribution is 5.92. The molecule has 3 aliphatic heterocycles. The van der Waals surface area contributed by atoms with Gasteiger partial charge in [0.25, 0.3) is 17.4 Å². The number of likely N-dealkylation sites (tertiary alicyclic amines) is 1. The first-order valence-corrected chi connectivity index (χ1v) is 19.2. The number of hydrogen-bond donors (Lipinski definition) is 8. The maximum atomic E-state index is 13.8. The van der Waals surface area contributed by atoms with Gasteiger partial charge in [0.15, 0.2) is 6.29 Å². The zero-order valence-electron chi connectivity index (χ0n) is 30.4. The first kappa shape index (κ1) is 39.9. The van der Waals surface area contributed by atoms with Crippen molar-refractivity contribution in [3.63, 3.8) is 0 Å². The van der Waals surface area contributed by atoms with Crippen LogP contribution in [-0.2, 0) is 23.7 Å². The van der Waals surface area contributed by atoms with Gasteiger partial charge in [-0.3, -0.25) is 19.4 Å². The quantitative estimate of drug-likeness (QED) is 0.134. The van der Waals surface area contributed by atoms with Crippen LogP contribution in [0.5, 0.6) is 0 Å².